The highest BCUT2D eigenvalue weighted by atomic mass is 35.5. The normalized spacial score (nSPS) is 14.3. The molecular weight excluding hydrogens is 358 g/mol. The van der Waals surface area contributed by atoms with Gasteiger partial charge in [-0.3, -0.25) is 9.59 Å². The summed E-state index contributed by atoms with van der Waals surface area (Å²) >= 11 is 1.75. The smallest absolute Gasteiger partial charge is 0.254 e. The molecule has 3 N–H and O–H groups in total. The summed E-state index contributed by atoms with van der Waals surface area (Å²) in [6.07, 6.45) is 0.902. The maximum absolute atomic E-state index is 12.9. The first-order valence-electron chi connectivity index (χ1n) is 7.98. The Labute approximate surface area is 157 Å². The molecule has 3 rings (SSSR count). The number of nitrogens with zero attached hydrogens (tertiary/aromatic N) is 1. The maximum atomic E-state index is 12.9. The van der Waals surface area contributed by atoms with E-state index in [1.54, 1.807) is 30.4 Å². The molecule has 0 aliphatic carbocycles. The zero-order valence-corrected chi connectivity index (χ0v) is 15.9. The topological polar surface area (TPSA) is 75.4 Å². The van der Waals surface area contributed by atoms with Crippen molar-refractivity contribution in [2.45, 2.75) is 32.9 Å². The lowest BCUT2D eigenvalue weighted by Crippen LogP contribution is -2.36. The standard InChI is InChI=1S/C18H21N3O2S.ClH/c1-11-14(4-3-5-15(11)20-17(22)12(2)19)18(23)21-8-6-16-13(10-21)7-9-24-16;/h3-5,7,9,12H,6,8,10,19H2,1-2H3,(H,20,22);1H/t12-;/m0./s1. The molecule has 0 saturated heterocycles. The fourth-order valence-electron chi connectivity index (χ4n) is 2.84. The van der Waals surface area contributed by atoms with Gasteiger partial charge in [-0.25, -0.2) is 0 Å². The van der Waals surface area contributed by atoms with E-state index in [2.05, 4.69) is 16.8 Å². The van der Waals surface area contributed by atoms with Crippen LogP contribution in [0.25, 0.3) is 0 Å². The van der Waals surface area contributed by atoms with Crippen LogP contribution in [0.4, 0.5) is 5.69 Å². The highest BCUT2D eigenvalue weighted by Gasteiger charge is 2.24. The number of rotatable bonds is 3. The summed E-state index contributed by atoms with van der Waals surface area (Å²) in [5, 5.41) is 4.86. The number of carbonyl (C=O) groups is 2. The van der Waals surface area contributed by atoms with Crippen molar-refractivity contribution < 1.29 is 9.59 Å². The number of halogens is 1. The molecule has 5 nitrogen and oxygen atoms in total. The van der Waals surface area contributed by atoms with Gasteiger partial charge in [0.25, 0.3) is 5.91 Å². The molecule has 1 aliphatic rings. The third-order valence-corrected chi connectivity index (χ3v) is 5.35. The summed E-state index contributed by atoms with van der Waals surface area (Å²) in [4.78, 5) is 28.0. The molecule has 25 heavy (non-hydrogen) atoms. The Balaban J connectivity index is 0.00000225. The van der Waals surface area contributed by atoms with Gasteiger partial charge in [0.05, 0.1) is 6.04 Å². The molecule has 0 fully saturated rings. The van der Waals surface area contributed by atoms with Crippen molar-refractivity contribution in [3.63, 3.8) is 0 Å². The summed E-state index contributed by atoms with van der Waals surface area (Å²) in [6, 6.07) is 6.88. The Morgan fingerprint density at radius 1 is 1.32 bits per heavy atom. The molecule has 1 atom stereocenters. The van der Waals surface area contributed by atoms with E-state index in [0.717, 1.165) is 18.5 Å². The zero-order chi connectivity index (χ0) is 17.3. The number of hydrogen-bond acceptors (Lipinski definition) is 4. The Kier molecular flexibility index (Phi) is 6.21. The van der Waals surface area contributed by atoms with Crippen LogP contribution in [0.3, 0.4) is 0 Å². The van der Waals surface area contributed by atoms with Crippen molar-refractivity contribution in [3.8, 4) is 0 Å². The molecule has 134 valence electrons. The van der Waals surface area contributed by atoms with Crippen LogP contribution in [-0.4, -0.2) is 29.3 Å². The molecule has 0 bridgehead atoms. The highest BCUT2D eigenvalue weighted by molar-refractivity contribution is 7.10. The number of thiophene rings is 1. The predicted molar refractivity (Wildman–Crippen MR) is 103 cm³/mol. The largest absolute Gasteiger partial charge is 0.334 e. The van der Waals surface area contributed by atoms with Gasteiger partial charge in [-0.1, -0.05) is 6.07 Å². The first kappa shape index (κ1) is 19.4. The second kappa shape index (κ2) is 7.99. The van der Waals surface area contributed by atoms with E-state index in [4.69, 9.17) is 5.73 Å². The molecule has 0 radical (unpaired) electrons. The van der Waals surface area contributed by atoms with E-state index < -0.39 is 6.04 Å². The first-order valence-corrected chi connectivity index (χ1v) is 8.86. The average Bonchev–Trinajstić information content (AvgIpc) is 3.03. The number of nitrogens with one attached hydrogen (secondary N) is 1. The van der Waals surface area contributed by atoms with Gasteiger partial charge in [0.2, 0.25) is 5.91 Å². The van der Waals surface area contributed by atoms with Crippen LogP contribution in [0.15, 0.2) is 29.6 Å². The number of hydrogen-bond donors (Lipinski definition) is 2. The number of carbonyl (C=O) groups excluding carboxylic acids is 2. The van der Waals surface area contributed by atoms with Crippen molar-refractivity contribution in [2.75, 3.05) is 11.9 Å². The molecule has 0 saturated carbocycles. The van der Waals surface area contributed by atoms with Gasteiger partial charge in [0.1, 0.15) is 0 Å². The van der Waals surface area contributed by atoms with Crippen molar-refractivity contribution in [3.05, 3.63) is 51.2 Å². The summed E-state index contributed by atoms with van der Waals surface area (Å²) in [5.41, 5.74) is 8.86. The second-order valence-electron chi connectivity index (χ2n) is 6.10. The fraction of sp³-hybridized carbons (Fsp3) is 0.333. The summed E-state index contributed by atoms with van der Waals surface area (Å²) < 4.78 is 0. The van der Waals surface area contributed by atoms with Gasteiger partial charge in [-0.15, -0.1) is 23.7 Å². The minimum absolute atomic E-state index is 0. The molecule has 1 aliphatic heterocycles. The number of nitrogens with two attached hydrogens (primary N) is 1. The molecule has 7 heteroatoms. The lowest BCUT2D eigenvalue weighted by atomic mass is 10.0. The highest BCUT2D eigenvalue weighted by Crippen LogP contribution is 2.27. The van der Waals surface area contributed by atoms with Gasteiger partial charge in [-0.2, -0.15) is 0 Å². The Morgan fingerprint density at radius 3 is 2.80 bits per heavy atom. The SMILES string of the molecule is Cc1c(NC(=O)[C@H](C)N)cccc1C(=O)N1CCc2sccc2C1.Cl. The summed E-state index contributed by atoms with van der Waals surface area (Å²) in [6.45, 7) is 4.85. The molecule has 1 aromatic heterocycles. The van der Waals surface area contributed by atoms with Crippen molar-refractivity contribution in [1.29, 1.82) is 0 Å². The van der Waals surface area contributed by atoms with Gasteiger partial charge < -0.3 is 16.0 Å². The van der Waals surface area contributed by atoms with Gasteiger partial charge >= 0.3 is 0 Å². The van der Waals surface area contributed by atoms with Crippen molar-refractivity contribution in [1.82, 2.24) is 4.90 Å². The van der Waals surface area contributed by atoms with E-state index >= 15 is 0 Å². The third kappa shape index (κ3) is 4.03. The number of benzene rings is 1. The van der Waals surface area contributed by atoms with Crippen LogP contribution in [0.2, 0.25) is 0 Å². The van der Waals surface area contributed by atoms with E-state index in [1.807, 2.05) is 17.9 Å². The van der Waals surface area contributed by atoms with Crippen molar-refractivity contribution in [2.24, 2.45) is 5.73 Å². The monoisotopic (exact) mass is 379 g/mol. The van der Waals surface area contributed by atoms with Gasteiger partial charge in [0.15, 0.2) is 0 Å². The van der Waals surface area contributed by atoms with Gasteiger partial charge in [-0.05, 0) is 55.0 Å². The maximum Gasteiger partial charge on any atom is 0.254 e. The van der Waals surface area contributed by atoms with Gasteiger partial charge in [0, 0.05) is 29.2 Å². The van der Waals surface area contributed by atoms with Crippen LogP contribution in [0, 0.1) is 6.92 Å². The Hall–Kier alpha value is -1.89. The third-order valence-electron chi connectivity index (χ3n) is 4.33. The number of amides is 2. The van der Waals surface area contributed by atoms with Crippen LogP contribution in [0.1, 0.15) is 33.3 Å². The summed E-state index contributed by atoms with van der Waals surface area (Å²) in [7, 11) is 0. The average molecular weight is 380 g/mol. The summed E-state index contributed by atoms with van der Waals surface area (Å²) in [5.74, 6) is -0.259. The van der Waals surface area contributed by atoms with Crippen LogP contribution < -0.4 is 11.1 Å². The fourth-order valence-corrected chi connectivity index (χ4v) is 3.73. The van der Waals surface area contributed by atoms with Crippen LogP contribution in [-0.2, 0) is 17.8 Å². The molecule has 2 heterocycles. The van der Waals surface area contributed by atoms with Crippen LogP contribution in [0.5, 0.6) is 0 Å². The lowest BCUT2D eigenvalue weighted by molar-refractivity contribution is -0.117. The second-order valence-corrected chi connectivity index (χ2v) is 7.10. The zero-order valence-electron chi connectivity index (χ0n) is 14.2. The Morgan fingerprint density at radius 2 is 2.08 bits per heavy atom. The minimum atomic E-state index is -0.595. The minimum Gasteiger partial charge on any atom is -0.334 e. The molecule has 1 aromatic carbocycles. The molecule has 2 amide bonds. The van der Waals surface area contributed by atoms with E-state index in [1.165, 1.54) is 10.4 Å². The predicted octanol–water partition coefficient (Wildman–Crippen LogP) is 2.96. The molecule has 2 aromatic rings. The van der Waals surface area contributed by atoms with E-state index in [-0.39, 0.29) is 24.2 Å². The quantitative estimate of drug-likeness (QED) is 0.860. The van der Waals surface area contributed by atoms with Crippen LogP contribution >= 0.6 is 23.7 Å². The Bertz CT molecular complexity index is 788. The number of anilines is 1. The molecule has 0 unspecified atom stereocenters. The van der Waals surface area contributed by atoms with E-state index in [0.29, 0.717) is 17.8 Å². The number of fused-ring (bicyclic) bond motifs is 1. The lowest BCUT2D eigenvalue weighted by Gasteiger charge is -2.28. The molecule has 0 spiro atoms. The van der Waals surface area contributed by atoms with E-state index in [9.17, 15) is 9.59 Å². The molecular formula is C18H22ClN3O2S. The first-order chi connectivity index (χ1) is 11.5. The van der Waals surface area contributed by atoms with Crippen molar-refractivity contribution >= 4 is 41.2 Å².